The van der Waals surface area contributed by atoms with Crippen LogP contribution in [0.15, 0.2) is 53.4 Å². The van der Waals surface area contributed by atoms with Crippen molar-refractivity contribution in [1.29, 1.82) is 0 Å². The molecule has 0 aliphatic heterocycles. The smallest absolute Gasteiger partial charge is 0.264 e. The summed E-state index contributed by atoms with van der Waals surface area (Å²) in [6.07, 6.45) is 0.819. The van der Waals surface area contributed by atoms with Crippen LogP contribution >= 0.6 is 0 Å². The van der Waals surface area contributed by atoms with Crippen molar-refractivity contribution >= 4 is 21.6 Å². The van der Waals surface area contributed by atoms with Crippen LogP contribution in [0.3, 0.4) is 0 Å². The summed E-state index contributed by atoms with van der Waals surface area (Å²) < 4.78 is 26.9. The molecular weight excluding hydrogens is 324 g/mol. The van der Waals surface area contributed by atoms with E-state index in [1.165, 1.54) is 23.5 Å². The Morgan fingerprint density at radius 1 is 1.12 bits per heavy atom. The van der Waals surface area contributed by atoms with Gasteiger partial charge in [0.25, 0.3) is 15.9 Å². The first-order valence-corrected chi connectivity index (χ1v) is 9.24. The highest BCUT2D eigenvalue weighted by atomic mass is 32.2. The zero-order valence-electron chi connectivity index (χ0n) is 14.1. The minimum absolute atomic E-state index is 0.0932. The number of hydrogen-bond donors (Lipinski definition) is 1. The Labute approximate surface area is 143 Å². The van der Waals surface area contributed by atoms with Crippen LogP contribution in [0.4, 0.5) is 5.69 Å². The monoisotopic (exact) mass is 346 g/mol. The maximum Gasteiger partial charge on any atom is 0.264 e. The molecule has 0 aliphatic carbocycles. The van der Waals surface area contributed by atoms with Crippen molar-refractivity contribution in [2.75, 3.05) is 17.9 Å². The lowest BCUT2D eigenvalue weighted by Gasteiger charge is -2.20. The summed E-state index contributed by atoms with van der Waals surface area (Å²) in [5.41, 5.74) is 1.89. The SMILES string of the molecule is CCCNC(=O)c1cccc(S(=O)(=O)N(C)c2cccc(C)c2)c1. The van der Waals surface area contributed by atoms with E-state index in [1.54, 1.807) is 24.3 Å². The van der Waals surface area contributed by atoms with Crippen molar-refractivity contribution in [3.8, 4) is 0 Å². The molecule has 0 atom stereocenters. The molecule has 0 saturated carbocycles. The lowest BCUT2D eigenvalue weighted by molar-refractivity contribution is 0.0953. The molecule has 0 heterocycles. The third-order valence-electron chi connectivity index (χ3n) is 3.66. The van der Waals surface area contributed by atoms with Gasteiger partial charge in [0.05, 0.1) is 10.6 Å². The predicted octanol–water partition coefficient (Wildman–Crippen LogP) is 2.96. The van der Waals surface area contributed by atoms with E-state index in [0.29, 0.717) is 17.8 Å². The predicted molar refractivity (Wildman–Crippen MR) is 95.8 cm³/mol. The molecule has 0 fully saturated rings. The largest absolute Gasteiger partial charge is 0.352 e. The lowest BCUT2D eigenvalue weighted by Crippen LogP contribution is -2.28. The molecule has 2 aromatic rings. The Kier molecular flexibility index (Phi) is 5.62. The van der Waals surface area contributed by atoms with Crippen LogP contribution in [0.5, 0.6) is 0 Å². The second kappa shape index (κ2) is 7.49. The normalized spacial score (nSPS) is 11.1. The van der Waals surface area contributed by atoms with Crippen molar-refractivity contribution in [2.24, 2.45) is 0 Å². The second-order valence-corrected chi connectivity index (χ2v) is 7.56. The van der Waals surface area contributed by atoms with Gasteiger partial charge in [-0.2, -0.15) is 0 Å². The van der Waals surface area contributed by atoms with Gasteiger partial charge >= 0.3 is 0 Å². The summed E-state index contributed by atoms with van der Waals surface area (Å²) in [4.78, 5) is 12.1. The zero-order chi connectivity index (χ0) is 17.7. The van der Waals surface area contributed by atoms with Gasteiger partial charge in [0.1, 0.15) is 0 Å². The molecule has 1 amide bonds. The number of aryl methyl sites for hydroxylation is 1. The summed E-state index contributed by atoms with van der Waals surface area (Å²) >= 11 is 0. The van der Waals surface area contributed by atoms with E-state index >= 15 is 0 Å². The number of anilines is 1. The van der Waals surface area contributed by atoms with E-state index in [2.05, 4.69) is 5.32 Å². The molecule has 0 spiro atoms. The molecule has 0 unspecified atom stereocenters. The second-order valence-electron chi connectivity index (χ2n) is 5.60. The summed E-state index contributed by atoms with van der Waals surface area (Å²) in [5.74, 6) is -0.271. The summed E-state index contributed by atoms with van der Waals surface area (Å²) in [6, 6.07) is 13.4. The van der Waals surface area contributed by atoms with Gasteiger partial charge in [-0.1, -0.05) is 25.1 Å². The van der Waals surface area contributed by atoms with Crippen molar-refractivity contribution in [3.63, 3.8) is 0 Å². The fourth-order valence-electron chi connectivity index (χ4n) is 2.26. The molecule has 0 saturated heterocycles. The Balaban J connectivity index is 2.34. The molecule has 0 aromatic heterocycles. The highest BCUT2D eigenvalue weighted by Gasteiger charge is 2.22. The molecule has 0 aliphatic rings. The molecule has 1 N–H and O–H groups in total. The van der Waals surface area contributed by atoms with Gasteiger partial charge in [0.15, 0.2) is 0 Å². The Morgan fingerprint density at radius 3 is 2.50 bits per heavy atom. The van der Waals surface area contributed by atoms with E-state index in [0.717, 1.165) is 12.0 Å². The molecule has 24 heavy (non-hydrogen) atoms. The Hall–Kier alpha value is -2.34. The van der Waals surface area contributed by atoms with Crippen LogP contribution in [-0.4, -0.2) is 27.9 Å². The van der Waals surface area contributed by atoms with E-state index in [-0.39, 0.29) is 10.8 Å². The number of sulfonamides is 1. The van der Waals surface area contributed by atoms with Crippen LogP contribution in [-0.2, 0) is 10.0 Å². The first-order chi connectivity index (χ1) is 11.4. The number of hydrogen-bond acceptors (Lipinski definition) is 3. The molecule has 0 radical (unpaired) electrons. The quantitative estimate of drug-likeness (QED) is 0.874. The summed E-state index contributed by atoms with van der Waals surface area (Å²) in [6.45, 7) is 4.42. The molecule has 2 rings (SSSR count). The third-order valence-corrected chi connectivity index (χ3v) is 5.44. The van der Waals surface area contributed by atoms with E-state index < -0.39 is 10.0 Å². The van der Waals surface area contributed by atoms with E-state index in [9.17, 15) is 13.2 Å². The fourth-order valence-corrected chi connectivity index (χ4v) is 3.49. The maximum atomic E-state index is 12.8. The third kappa shape index (κ3) is 3.94. The number of nitrogens with zero attached hydrogens (tertiary/aromatic N) is 1. The number of benzene rings is 2. The summed E-state index contributed by atoms with van der Waals surface area (Å²) in [5, 5.41) is 2.75. The molecule has 2 aromatic carbocycles. The van der Waals surface area contributed by atoms with Crippen LogP contribution in [0.1, 0.15) is 29.3 Å². The zero-order valence-corrected chi connectivity index (χ0v) is 14.9. The van der Waals surface area contributed by atoms with Crippen molar-refractivity contribution in [3.05, 3.63) is 59.7 Å². The van der Waals surface area contributed by atoms with Crippen molar-refractivity contribution < 1.29 is 13.2 Å². The minimum Gasteiger partial charge on any atom is -0.352 e. The van der Waals surface area contributed by atoms with Gasteiger partial charge in [-0.3, -0.25) is 9.10 Å². The molecule has 0 bridgehead atoms. The van der Waals surface area contributed by atoms with Gasteiger partial charge in [0.2, 0.25) is 0 Å². The fraction of sp³-hybridized carbons (Fsp3) is 0.278. The molecule has 5 nitrogen and oxygen atoms in total. The average molecular weight is 346 g/mol. The van der Waals surface area contributed by atoms with Gasteiger partial charge in [0, 0.05) is 19.2 Å². The van der Waals surface area contributed by atoms with E-state index in [4.69, 9.17) is 0 Å². The van der Waals surface area contributed by atoms with Gasteiger partial charge in [-0.05, 0) is 49.2 Å². The van der Waals surface area contributed by atoms with Gasteiger partial charge in [-0.15, -0.1) is 0 Å². The van der Waals surface area contributed by atoms with Crippen LogP contribution in [0, 0.1) is 6.92 Å². The Bertz CT molecular complexity index is 832. The van der Waals surface area contributed by atoms with Gasteiger partial charge in [-0.25, -0.2) is 8.42 Å². The number of carbonyl (C=O) groups excluding carboxylic acids is 1. The minimum atomic E-state index is -3.73. The molecule has 128 valence electrons. The number of carbonyl (C=O) groups is 1. The van der Waals surface area contributed by atoms with Crippen LogP contribution < -0.4 is 9.62 Å². The molecular formula is C18H22N2O3S. The first kappa shape index (κ1) is 18.0. The first-order valence-electron chi connectivity index (χ1n) is 7.80. The Morgan fingerprint density at radius 2 is 1.83 bits per heavy atom. The van der Waals surface area contributed by atoms with Crippen molar-refractivity contribution in [2.45, 2.75) is 25.2 Å². The number of nitrogens with one attached hydrogen (secondary N) is 1. The van der Waals surface area contributed by atoms with Crippen molar-refractivity contribution in [1.82, 2.24) is 5.32 Å². The topological polar surface area (TPSA) is 66.5 Å². The standard InChI is InChI=1S/C18H22N2O3S/c1-4-11-19-18(21)15-8-6-10-17(13-15)24(22,23)20(3)16-9-5-7-14(2)12-16/h5-10,12-13H,4,11H2,1-3H3,(H,19,21). The maximum absolute atomic E-state index is 12.8. The van der Waals surface area contributed by atoms with Crippen LogP contribution in [0.2, 0.25) is 0 Å². The highest BCUT2D eigenvalue weighted by Crippen LogP contribution is 2.23. The summed E-state index contributed by atoms with van der Waals surface area (Å²) in [7, 11) is -2.22. The van der Waals surface area contributed by atoms with Crippen LogP contribution in [0.25, 0.3) is 0 Å². The number of amides is 1. The molecule has 6 heteroatoms. The van der Waals surface area contributed by atoms with Gasteiger partial charge < -0.3 is 5.32 Å². The van der Waals surface area contributed by atoms with E-state index in [1.807, 2.05) is 26.0 Å². The number of rotatable bonds is 6. The lowest BCUT2D eigenvalue weighted by atomic mass is 10.2. The highest BCUT2D eigenvalue weighted by molar-refractivity contribution is 7.92. The average Bonchev–Trinajstić information content (AvgIpc) is 2.59.